The quantitative estimate of drug-likeness (QED) is 0.550. The number of hydrogen-bond acceptors (Lipinski definition) is 4. The van der Waals surface area contributed by atoms with Crippen molar-refractivity contribution in [3.05, 3.63) is 15.8 Å². The van der Waals surface area contributed by atoms with Crippen LogP contribution in [-0.2, 0) is 4.79 Å². The van der Waals surface area contributed by atoms with E-state index in [1.54, 1.807) is 5.38 Å². The van der Waals surface area contributed by atoms with Crippen LogP contribution in [0.2, 0.25) is 0 Å². The Balaban J connectivity index is 0.00000242. The van der Waals surface area contributed by atoms with Crippen LogP contribution in [-0.4, -0.2) is 41.5 Å². The van der Waals surface area contributed by atoms with E-state index in [9.17, 15) is 9.59 Å². The number of aryl methyl sites for hydroxylation is 1. The summed E-state index contributed by atoms with van der Waals surface area (Å²) in [5, 5.41) is 13.6. The zero-order valence-electron chi connectivity index (χ0n) is 14.1. The van der Waals surface area contributed by atoms with Crippen molar-refractivity contribution in [1.29, 1.82) is 0 Å². The number of halogens is 1. The minimum Gasteiger partial charge on any atom is -1.00 e. The van der Waals surface area contributed by atoms with Crippen LogP contribution in [0, 0.1) is 12.3 Å². The largest absolute Gasteiger partial charge is 1.00 e. The number of carboxylic acids is 1. The Kier molecular flexibility index (Phi) is 9.35. The van der Waals surface area contributed by atoms with Gasteiger partial charge in [0.25, 0.3) is 0 Å². The van der Waals surface area contributed by atoms with Gasteiger partial charge >= 0.3 is 35.5 Å². The summed E-state index contributed by atoms with van der Waals surface area (Å²) in [6.07, 6.45) is 2.16. The Hall–Kier alpha value is -0.110. The third kappa shape index (κ3) is 6.36. The second-order valence-electron chi connectivity index (χ2n) is 6.42. The summed E-state index contributed by atoms with van der Waals surface area (Å²) in [5.41, 5.74) is 1.59. The van der Waals surface area contributed by atoms with E-state index >= 15 is 0 Å². The maximum atomic E-state index is 12.1. The predicted octanol–water partition coefficient (Wildman–Crippen LogP) is -3.18. The maximum Gasteiger partial charge on any atom is 1.00 e. The molecule has 0 unspecified atom stereocenters. The molecule has 1 amide bonds. The smallest absolute Gasteiger partial charge is 1.00 e. The average molecular weight is 369 g/mol. The number of aromatic carboxylic acids is 1. The van der Waals surface area contributed by atoms with Gasteiger partial charge in [-0.3, -0.25) is 9.69 Å². The molecule has 0 saturated carbocycles. The van der Waals surface area contributed by atoms with E-state index in [0.717, 1.165) is 42.8 Å². The number of piperidine rings is 1. The second-order valence-corrected chi connectivity index (χ2v) is 7.30. The van der Waals surface area contributed by atoms with Crippen molar-refractivity contribution in [1.82, 2.24) is 4.90 Å². The van der Waals surface area contributed by atoms with Crippen molar-refractivity contribution in [3.63, 3.8) is 0 Å². The van der Waals surface area contributed by atoms with Gasteiger partial charge < -0.3 is 22.8 Å². The molecule has 1 aliphatic heterocycles. The Morgan fingerprint density at radius 1 is 1.35 bits per heavy atom. The molecule has 124 valence electrons. The summed E-state index contributed by atoms with van der Waals surface area (Å²) in [5.74, 6) is -1.14. The van der Waals surface area contributed by atoms with Gasteiger partial charge in [-0.15, -0.1) is 11.3 Å². The van der Waals surface area contributed by atoms with Crippen molar-refractivity contribution in [2.75, 3.05) is 25.0 Å². The van der Waals surface area contributed by atoms with Crippen molar-refractivity contribution in [2.24, 2.45) is 5.41 Å². The van der Waals surface area contributed by atoms with Crippen molar-refractivity contribution >= 4 is 28.9 Å². The monoisotopic (exact) mass is 368 g/mol. The van der Waals surface area contributed by atoms with Crippen LogP contribution < -0.4 is 47.3 Å². The number of thiophene rings is 1. The normalized spacial score (nSPS) is 16.8. The van der Waals surface area contributed by atoms with Gasteiger partial charge in [0, 0.05) is 0 Å². The number of nitrogens with one attached hydrogen (secondary N) is 1. The molecule has 1 aromatic heterocycles. The van der Waals surface area contributed by atoms with E-state index in [1.807, 2.05) is 6.92 Å². The van der Waals surface area contributed by atoms with E-state index in [0.29, 0.717) is 17.6 Å². The molecule has 2 heterocycles. The average Bonchev–Trinajstić information content (AvgIpc) is 2.74. The van der Waals surface area contributed by atoms with Crippen molar-refractivity contribution < 1.29 is 56.7 Å². The molecule has 2 rings (SSSR count). The molecule has 0 aliphatic carbocycles. The molecular weight excluding hydrogens is 347 g/mol. The van der Waals surface area contributed by atoms with Crippen molar-refractivity contribution in [2.45, 2.75) is 33.6 Å². The Morgan fingerprint density at radius 2 is 1.91 bits per heavy atom. The number of anilines is 1. The van der Waals surface area contributed by atoms with Gasteiger partial charge in [-0.25, -0.2) is 4.79 Å². The zero-order valence-corrected chi connectivity index (χ0v) is 17.7. The molecule has 8 heteroatoms. The molecule has 0 bridgehead atoms. The fourth-order valence-electron chi connectivity index (χ4n) is 2.46. The molecular formula is C15H22ClN2NaO3S. The van der Waals surface area contributed by atoms with Gasteiger partial charge in [0.2, 0.25) is 5.91 Å². The third-order valence-electron chi connectivity index (χ3n) is 4.01. The van der Waals surface area contributed by atoms with E-state index in [2.05, 4.69) is 24.1 Å². The number of rotatable bonds is 4. The molecule has 1 saturated heterocycles. The summed E-state index contributed by atoms with van der Waals surface area (Å²) in [4.78, 5) is 25.6. The first kappa shape index (κ1) is 22.9. The molecule has 0 spiro atoms. The summed E-state index contributed by atoms with van der Waals surface area (Å²) < 4.78 is 0. The van der Waals surface area contributed by atoms with Gasteiger partial charge in [-0.1, -0.05) is 13.8 Å². The molecule has 2 N–H and O–H groups in total. The van der Waals surface area contributed by atoms with Gasteiger partial charge in [-0.2, -0.15) is 0 Å². The van der Waals surface area contributed by atoms with Crippen LogP contribution in [0.15, 0.2) is 5.38 Å². The number of carbonyl (C=O) groups is 2. The zero-order chi connectivity index (χ0) is 15.6. The second kappa shape index (κ2) is 9.39. The van der Waals surface area contributed by atoms with Crippen LogP contribution in [0.4, 0.5) is 5.69 Å². The van der Waals surface area contributed by atoms with Crippen LogP contribution in [0.1, 0.15) is 41.9 Å². The van der Waals surface area contributed by atoms with E-state index in [-0.39, 0.29) is 52.7 Å². The number of nitrogens with zero attached hydrogens (tertiary/aromatic N) is 1. The molecule has 1 aromatic rings. The first-order valence-electron chi connectivity index (χ1n) is 7.12. The molecule has 5 nitrogen and oxygen atoms in total. The number of carbonyl (C=O) groups excluding carboxylic acids is 1. The van der Waals surface area contributed by atoms with E-state index in [4.69, 9.17) is 5.11 Å². The van der Waals surface area contributed by atoms with E-state index in [1.165, 1.54) is 0 Å². The molecule has 23 heavy (non-hydrogen) atoms. The first-order chi connectivity index (χ1) is 9.78. The van der Waals surface area contributed by atoms with Gasteiger partial charge in [0.05, 0.1) is 12.2 Å². The summed E-state index contributed by atoms with van der Waals surface area (Å²) in [6.45, 7) is 8.45. The molecule has 1 aliphatic rings. The minimum absolute atomic E-state index is 0. The fraction of sp³-hybridized carbons (Fsp3) is 0.600. The number of likely N-dealkylation sites (tertiary alicyclic amines) is 1. The predicted molar refractivity (Wildman–Crippen MR) is 84.1 cm³/mol. The maximum absolute atomic E-state index is 12.1. The molecule has 0 aromatic carbocycles. The Bertz CT molecular complexity index is 553. The number of carboxylic acid groups (broad SMARTS) is 1. The SMILES string of the molecule is Cc1csc(C(=O)O)c1NC(=O)CN1CCC(C)(C)CC1.[Cl-].[Na+]. The third-order valence-corrected chi connectivity index (χ3v) is 5.10. The Labute approximate surface area is 169 Å². The van der Waals surface area contributed by atoms with Crippen LogP contribution in [0.5, 0.6) is 0 Å². The Morgan fingerprint density at radius 3 is 2.43 bits per heavy atom. The molecule has 1 fully saturated rings. The van der Waals surface area contributed by atoms with Crippen LogP contribution in [0.3, 0.4) is 0 Å². The number of hydrogen-bond donors (Lipinski definition) is 2. The number of amides is 1. The minimum atomic E-state index is -0.997. The van der Waals surface area contributed by atoms with Crippen LogP contribution in [0.25, 0.3) is 0 Å². The summed E-state index contributed by atoms with van der Waals surface area (Å²) in [7, 11) is 0. The summed E-state index contributed by atoms with van der Waals surface area (Å²) in [6, 6.07) is 0. The standard InChI is InChI=1S/C15H22N2O3S.ClH.Na/c1-10-9-21-13(14(19)20)12(10)16-11(18)8-17-6-4-15(2,3)5-7-17;;/h9H,4-8H2,1-3H3,(H,16,18)(H,19,20);1H;/q;;+1/p-1. The van der Waals surface area contributed by atoms with Gasteiger partial charge in [0.15, 0.2) is 0 Å². The van der Waals surface area contributed by atoms with Gasteiger partial charge in [0.1, 0.15) is 4.88 Å². The first-order valence-corrected chi connectivity index (χ1v) is 8.00. The topological polar surface area (TPSA) is 69.6 Å². The van der Waals surface area contributed by atoms with Gasteiger partial charge in [-0.05, 0) is 49.2 Å². The fourth-order valence-corrected chi connectivity index (χ4v) is 3.30. The summed E-state index contributed by atoms with van der Waals surface area (Å²) >= 11 is 1.14. The van der Waals surface area contributed by atoms with Crippen molar-refractivity contribution in [3.8, 4) is 0 Å². The van der Waals surface area contributed by atoms with E-state index < -0.39 is 5.97 Å². The molecule has 0 atom stereocenters. The molecule has 0 radical (unpaired) electrons. The van der Waals surface area contributed by atoms with Crippen LogP contribution >= 0.6 is 11.3 Å².